The number of rotatable bonds is 2. The largest absolute Gasteiger partial charge is 0.365 e. The average Bonchev–Trinajstić information content (AvgIpc) is 2.56. The monoisotopic (exact) mass is 256 g/mol. The molecule has 0 amide bonds. The zero-order valence-corrected chi connectivity index (χ0v) is 9.66. The number of halogens is 1. The van der Waals surface area contributed by atoms with Crippen molar-refractivity contribution in [3.63, 3.8) is 0 Å². The maximum absolute atomic E-state index is 4.18. The van der Waals surface area contributed by atoms with Gasteiger partial charge in [-0.25, -0.2) is 9.97 Å². The SMILES string of the molecule is CN1CCC(Nc2ncncc2Br)C1. The van der Waals surface area contributed by atoms with Crippen molar-refractivity contribution in [1.29, 1.82) is 0 Å². The molecule has 1 fully saturated rings. The maximum atomic E-state index is 4.18. The summed E-state index contributed by atoms with van der Waals surface area (Å²) in [7, 11) is 2.14. The molecule has 0 aromatic carbocycles. The Bertz CT molecular complexity index is 317. The van der Waals surface area contributed by atoms with Crippen LogP contribution in [0.1, 0.15) is 6.42 Å². The van der Waals surface area contributed by atoms with Crippen LogP contribution in [0.25, 0.3) is 0 Å². The minimum absolute atomic E-state index is 0.506. The highest BCUT2D eigenvalue weighted by atomic mass is 79.9. The molecule has 1 aliphatic heterocycles. The fraction of sp³-hybridized carbons (Fsp3) is 0.556. The second-order valence-electron chi connectivity index (χ2n) is 3.61. The zero-order valence-electron chi connectivity index (χ0n) is 8.07. The van der Waals surface area contributed by atoms with Gasteiger partial charge in [-0.3, -0.25) is 0 Å². The lowest BCUT2D eigenvalue weighted by atomic mass is 10.2. The topological polar surface area (TPSA) is 41.0 Å². The summed E-state index contributed by atoms with van der Waals surface area (Å²) in [4.78, 5) is 10.4. The third-order valence-electron chi connectivity index (χ3n) is 2.40. The molecule has 0 aliphatic carbocycles. The van der Waals surface area contributed by atoms with Crippen LogP contribution in [-0.4, -0.2) is 41.0 Å². The number of hydrogen-bond acceptors (Lipinski definition) is 4. The number of likely N-dealkylation sites (tertiary alicyclic amines) is 1. The van der Waals surface area contributed by atoms with Gasteiger partial charge in [-0.2, -0.15) is 0 Å². The fourth-order valence-corrected chi connectivity index (χ4v) is 2.00. The molecule has 4 nitrogen and oxygen atoms in total. The number of anilines is 1. The summed E-state index contributed by atoms with van der Waals surface area (Å²) < 4.78 is 0.926. The van der Waals surface area contributed by atoms with E-state index >= 15 is 0 Å². The van der Waals surface area contributed by atoms with Gasteiger partial charge in [0.15, 0.2) is 0 Å². The molecule has 14 heavy (non-hydrogen) atoms. The van der Waals surface area contributed by atoms with Crippen molar-refractivity contribution in [3.8, 4) is 0 Å². The number of likely N-dealkylation sites (N-methyl/N-ethyl adjacent to an activating group) is 1. The van der Waals surface area contributed by atoms with Gasteiger partial charge < -0.3 is 10.2 Å². The van der Waals surface area contributed by atoms with E-state index in [0.29, 0.717) is 6.04 Å². The second-order valence-corrected chi connectivity index (χ2v) is 4.47. The van der Waals surface area contributed by atoms with Crippen molar-refractivity contribution < 1.29 is 0 Å². The van der Waals surface area contributed by atoms with Gasteiger partial charge in [0.1, 0.15) is 12.1 Å². The average molecular weight is 257 g/mol. The Morgan fingerprint density at radius 2 is 2.50 bits per heavy atom. The van der Waals surface area contributed by atoms with Gasteiger partial charge in [-0.05, 0) is 35.9 Å². The van der Waals surface area contributed by atoms with E-state index in [1.54, 1.807) is 12.5 Å². The first-order chi connectivity index (χ1) is 6.75. The van der Waals surface area contributed by atoms with E-state index in [-0.39, 0.29) is 0 Å². The van der Waals surface area contributed by atoms with Crippen molar-refractivity contribution in [2.24, 2.45) is 0 Å². The Kier molecular flexibility index (Phi) is 2.98. The Balaban J connectivity index is 2.01. The van der Waals surface area contributed by atoms with E-state index in [2.05, 4.69) is 43.2 Å². The van der Waals surface area contributed by atoms with E-state index < -0.39 is 0 Å². The Morgan fingerprint density at radius 1 is 1.64 bits per heavy atom. The molecule has 0 radical (unpaired) electrons. The fourth-order valence-electron chi connectivity index (χ4n) is 1.67. The summed E-state index contributed by atoms with van der Waals surface area (Å²) in [5.41, 5.74) is 0. The molecular formula is C9H13BrN4. The Morgan fingerprint density at radius 3 is 3.14 bits per heavy atom. The van der Waals surface area contributed by atoms with Crippen molar-refractivity contribution in [2.75, 3.05) is 25.5 Å². The molecule has 1 aromatic rings. The first-order valence-electron chi connectivity index (χ1n) is 4.66. The zero-order chi connectivity index (χ0) is 9.97. The summed E-state index contributed by atoms with van der Waals surface area (Å²) in [6.07, 6.45) is 4.49. The molecule has 1 N–H and O–H groups in total. The van der Waals surface area contributed by atoms with E-state index in [1.165, 1.54) is 6.42 Å². The van der Waals surface area contributed by atoms with Crippen LogP contribution < -0.4 is 5.32 Å². The van der Waals surface area contributed by atoms with Crippen LogP contribution >= 0.6 is 15.9 Å². The van der Waals surface area contributed by atoms with E-state index in [1.807, 2.05) is 0 Å². The predicted molar refractivity (Wildman–Crippen MR) is 59.3 cm³/mol. The molecule has 1 aliphatic rings. The molecule has 2 heterocycles. The molecule has 1 atom stereocenters. The number of nitrogens with one attached hydrogen (secondary N) is 1. The van der Waals surface area contributed by atoms with Gasteiger partial charge in [0.05, 0.1) is 4.47 Å². The van der Waals surface area contributed by atoms with Crippen LogP contribution in [-0.2, 0) is 0 Å². The van der Waals surface area contributed by atoms with E-state index in [0.717, 1.165) is 23.4 Å². The highest BCUT2D eigenvalue weighted by molar-refractivity contribution is 9.10. The Hall–Kier alpha value is -0.680. The quantitative estimate of drug-likeness (QED) is 0.868. The molecule has 1 unspecified atom stereocenters. The first kappa shape index (κ1) is 9.86. The molecule has 0 saturated carbocycles. The van der Waals surface area contributed by atoms with Crippen LogP contribution in [0, 0.1) is 0 Å². The first-order valence-corrected chi connectivity index (χ1v) is 5.45. The van der Waals surface area contributed by atoms with Crippen molar-refractivity contribution in [3.05, 3.63) is 17.0 Å². The third-order valence-corrected chi connectivity index (χ3v) is 2.98. The molecule has 1 saturated heterocycles. The van der Waals surface area contributed by atoms with Gasteiger partial charge in [0.25, 0.3) is 0 Å². The standard InChI is InChI=1S/C9H13BrN4/c1-14-3-2-7(5-14)13-9-8(10)4-11-6-12-9/h4,6-7H,2-3,5H2,1H3,(H,11,12,13). The van der Waals surface area contributed by atoms with Crippen LogP contribution in [0.15, 0.2) is 17.0 Å². The normalized spacial score (nSPS) is 22.6. The van der Waals surface area contributed by atoms with E-state index in [9.17, 15) is 0 Å². The van der Waals surface area contributed by atoms with Crippen molar-refractivity contribution >= 4 is 21.7 Å². The molecule has 0 spiro atoms. The van der Waals surface area contributed by atoms with Crippen LogP contribution in [0.4, 0.5) is 5.82 Å². The summed E-state index contributed by atoms with van der Waals surface area (Å²) in [5, 5.41) is 3.40. The summed E-state index contributed by atoms with van der Waals surface area (Å²) in [5.74, 6) is 0.889. The number of hydrogen-bond donors (Lipinski definition) is 1. The molecular weight excluding hydrogens is 244 g/mol. The molecule has 1 aromatic heterocycles. The van der Waals surface area contributed by atoms with Gasteiger partial charge in [-0.1, -0.05) is 0 Å². The van der Waals surface area contributed by atoms with Gasteiger partial charge in [-0.15, -0.1) is 0 Å². The van der Waals surface area contributed by atoms with Crippen LogP contribution in [0.3, 0.4) is 0 Å². The second kappa shape index (κ2) is 4.23. The lowest BCUT2D eigenvalue weighted by Gasteiger charge is -2.13. The van der Waals surface area contributed by atoms with E-state index in [4.69, 9.17) is 0 Å². The van der Waals surface area contributed by atoms with Crippen LogP contribution in [0.5, 0.6) is 0 Å². The Labute approximate surface area is 91.9 Å². The molecule has 76 valence electrons. The minimum atomic E-state index is 0.506. The van der Waals surface area contributed by atoms with Gasteiger partial charge in [0.2, 0.25) is 0 Å². The smallest absolute Gasteiger partial charge is 0.143 e. The lowest BCUT2D eigenvalue weighted by Crippen LogP contribution is -2.24. The molecule has 2 rings (SSSR count). The maximum Gasteiger partial charge on any atom is 0.143 e. The van der Waals surface area contributed by atoms with Crippen molar-refractivity contribution in [1.82, 2.24) is 14.9 Å². The van der Waals surface area contributed by atoms with Gasteiger partial charge >= 0.3 is 0 Å². The highest BCUT2D eigenvalue weighted by Gasteiger charge is 2.19. The lowest BCUT2D eigenvalue weighted by molar-refractivity contribution is 0.414. The molecule has 5 heteroatoms. The third kappa shape index (κ3) is 2.22. The van der Waals surface area contributed by atoms with Crippen molar-refractivity contribution in [2.45, 2.75) is 12.5 Å². The predicted octanol–water partition coefficient (Wildman–Crippen LogP) is 1.36. The van der Waals surface area contributed by atoms with Gasteiger partial charge in [0, 0.05) is 18.8 Å². The minimum Gasteiger partial charge on any atom is -0.365 e. The van der Waals surface area contributed by atoms with Crippen LogP contribution in [0.2, 0.25) is 0 Å². The summed E-state index contributed by atoms with van der Waals surface area (Å²) in [6.45, 7) is 2.23. The highest BCUT2D eigenvalue weighted by Crippen LogP contribution is 2.20. The number of aromatic nitrogens is 2. The molecule has 0 bridgehead atoms. The summed E-state index contributed by atoms with van der Waals surface area (Å²) >= 11 is 3.42. The summed E-state index contributed by atoms with van der Waals surface area (Å²) in [6, 6.07) is 0.506. The number of nitrogens with zero attached hydrogens (tertiary/aromatic N) is 3.